The van der Waals surface area contributed by atoms with E-state index in [0.717, 1.165) is 12.1 Å². The number of anilines is 1. The molecular formula is C23H14BrF4NO2. The van der Waals surface area contributed by atoms with Crippen molar-refractivity contribution in [1.29, 1.82) is 0 Å². The average molecular weight is 492 g/mol. The SMILES string of the molecule is O=C1Nc2cc(C(F)(F)F)ccc2/C1=C/c1cc(Br)ccc1OCc1ccccc1F. The number of ether oxygens (including phenoxy) is 1. The van der Waals surface area contributed by atoms with Gasteiger partial charge in [-0.25, -0.2) is 4.39 Å². The molecule has 1 aliphatic rings. The molecule has 3 aromatic carbocycles. The standard InChI is InChI=1S/C23H14BrF4NO2/c24-16-6-8-21(31-12-13-3-1-2-4-19(13)25)14(9-16)10-18-17-7-5-15(23(26,27)28)11-20(17)29-22(18)30/h1-11H,12H2,(H,29,30)/b18-10-. The van der Waals surface area contributed by atoms with Crippen molar-refractivity contribution in [2.45, 2.75) is 12.8 Å². The van der Waals surface area contributed by atoms with Crippen LogP contribution in [0.4, 0.5) is 23.2 Å². The lowest BCUT2D eigenvalue weighted by Crippen LogP contribution is -2.06. The van der Waals surface area contributed by atoms with E-state index in [9.17, 15) is 22.4 Å². The van der Waals surface area contributed by atoms with Crippen LogP contribution in [0.1, 0.15) is 22.3 Å². The van der Waals surface area contributed by atoms with Gasteiger partial charge in [0.25, 0.3) is 5.91 Å². The monoisotopic (exact) mass is 491 g/mol. The van der Waals surface area contributed by atoms with E-state index in [1.54, 1.807) is 36.4 Å². The smallest absolute Gasteiger partial charge is 0.416 e. The summed E-state index contributed by atoms with van der Waals surface area (Å²) in [5, 5.41) is 2.47. The molecule has 0 atom stereocenters. The fourth-order valence-corrected chi connectivity index (χ4v) is 3.58. The van der Waals surface area contributed by atoms with Gasteiger partial charge in [0, 0.05) is 32.4 Å². The number of amides is 1. The molecule has 3 nitrogen and oxygen atoms in total. The van der Waals surface area contributed by atoms with Gasteiger partial charge in [-0.1, -0.05) is 40.2 Å². The van der Waals surface area contributed by atoms with Gasteiger partial charge in [0.15, 0.2) is 0 Å². The van der Waals surface area contributed by atoms with E-state index < -0.39 is 23.5 Å². The van der Waals surface area contributed by atoms with Crippen LogP contribution in [-0.2, 0) is 17.6 Å². The Labute approximate surface area is 183 Å². The molecule has 0 bridgehead atoms. The number of benzene rings is 3. The Kier molecular flexibility index (Phi) is 5.58. The molecule has 0 radical (unpaired) electrons. The Balaban J connectivity index is 1.69. The maximum Gasteiger partial charge on any atom is 0.416 e. The minimum atomic E-state index is -4.51. The molecule has 0 unspecified atom stereocenters. The molecule has 0 spiro atoms. The van der Waals surface area contributed by atoms with Crippen LogP contribution in [0.2, 0.25) is 0 Å². The van der Waals surface area contributed by atoms with Crippen molar-refractivity contribution in [3.8, 4) is 5.75 Å². The molecule has 0 fully saturated rings. The first-order valence-corrected chi connectivity index (χ1v) is 9.92. The zero-order valence-corrected chi connectivity index (χ0v) is 17.4. The number of hydrogen-bond donors (Lipinski definition) is 1. The largest absolute Gasteiger partial charge is 0.488 e. The maximum atomic E-state index is 13.9. The predicted octanol–water partition coefficient (Wildman–Crippen LogP) is 6.68. The van der Waals surface area contributed by atoms with E-state index in [1.165, 1.54) is 18.2 Å². The molecule has 31 heavy (non-hydrogen) atoms. The van der Waals surface area contributed by atoms with Crippen LogP contribution in [0.5, 0.6) is 5.75 Å². The number of nitrogens with one attached hydrogen (secondary N) is 1. The van der Waals surface area contributed by atoms with E-state index in [0.29, 0.717) is 26.9 Å². The molecule has 0 saturated heterocycles. The molecule has 1 amide bonds. The summed E-state index contributed by atoms with van der Waals surface area (Å²) in [7, 11) is 0. The molecule has 1 heterocycles. The van der Waals surface area contributed by atoms with E-state index in [4.69, 9.17) is 4.74 Å². The van der Waals surface area contributed by atoms with Gasteiger partial charge in [0.05, 0.1) is 5.56 Å². The summed E-state index contributed by atoms with van der Waals surface area (Å²) in [5.74, 6) is -0.523. The number of carbonyl (C=O) groups is 1. The molecule has 158 valence electrons. The Morgan fingerprint density at radius 2 is 1.81 bits per heavy atom. The van der Waals surface area contributed by atoms with E-state index in [-0.39, 0.29) is 17.9 Å². The van der Waals surface area contributed by atoms with Crippen LogP contribution in [-0.4, -0.2) is 5.91 Å². The first-order chi connectivity index (χ1) is 14.7. The van der Waals surface area contributed by atoms with Crippen molar-refractivity contribution in [3.05, 3.63) is 93.2 Å². The van der Waals surface area contributed by atoms with Crippen molar-refractivity contribution >= 4 is 39.2 Å². The molecule has 8 heteroatoms. The fourth-order valence-electron chi connectivity index (χ4n) is 3.20. The topological polar surface area (TPSA) is 38.3 Å². The van der Waals surface area contributed by atoms with Gasteiger partial charge < -0.3 is 10.1 Å². The average Bonchev–Trinajstić information content (AvgIpc) is 3.02. The maximum absolute atomic E-state index is 13.9. The van der Waals surface area contributed by atoms with Crippen LogP contribution in [0.25, 0.3) is 11.6 Å². The van der Waals surface area contributed by atoms with Gasteiger partial charge in [-0.15, -0.1) is 0 Å². The van der Waals surface area contributed by atoms with E-state index >= 15 is 0 Å². The molecular weight excluding hydrogens is 478 g/mol. The zero-order valence-electron chi connectivity index (χ0n) is 15.8. The van der Waals surface area contributed by atoms with Crippen LogP contribution >= 0.6 is 15.9 Å². The number of fused-ring (bicyclic) bond motifs is 1. The van der Waals surface area contributed by atoms with Gasteiger partial charge >= 0.3 is 6.18 Å². The number of carbonyl (C=O) groups excluding carboxylic acids is 1. The number of alkyl halides is 3. The lowest BCUT2D eigenvalue weighted by molar-refractivity contribution is -0.137. The minimum absolute atomic E-state index is 0.0256. The Hall–Kier alpha value is -3.13. The van der Waals surface area contributed by atoms with Gasteiger partial charge in [0.1, 0.15) is 18.2 Å². The van der Waals surface area contributed by atoms with Crippen molar-refractivity contribution in [1.82, 2.24) is 0 Å². The second-order valence-corrected chi connectivity index (χ2v) is 7.75. The highest BCUT2D eigenvalue weighted by Gasteiger charge is 2.33. The lowest BCUT2D eigenvalue weighted by atomic mass is 10.0. The number of rotatable bonds is 4. The van der Waals surface area contributed by atoms with Crippen molar-refractivity contribution < 1.29 is 27.1 Å². The fraction of sp³-hybridized carbons (Fsp3) is 0.0870. The Morgan fingerprint density at radius 3 is 2.55 bits per heavy atom. The first kappa shape index (κ1) is 21.1. The highest BCUT2D eigenvalue weighted by Crippen LogP contribution is 2.39. The molecule has 0 aromatic heterocycles. The van der Waals surface area contributed by atoms with Gasteiger partial charge in [-0.3, -0.25) is 4.79 Å². The van der Waals surface area contributed by atoms with E-state index in [2.05, 4.69) is 21.2 Å². The predicted molar refractivity (Wildman–Crippen MR) is 113 cm³/mol. The van der Waals surface area contributed by atoms with Crippen LogP contribution < -0.4 is 10.1 Å². The summed E-state index contributed by atoms with van der Waals surface area (Å²) in [6.07, 6.45) is -2.97. The molecule has 4 rings (SSSR count). The van der Waals surface area contributed by atoms with Crippen molar-refractivity contribution in [3.63, 3.8) is 0 Å². The summed E-state index contributed by atoms with van der Waals surface area (Å²) in [6.45, 7) is -0.0256. The van der Waals surface area contributed by atoms with Crippen LogP contribution in [0.3, 0.4) is 0 Å². The van der Waals surface area contributed by atoms with Gasteiger partial charge in [-0.05, 0) is 42.5 Å². The summed E-state index contributed by atoms with van der Waals surface area (Å²) >= 11 is 3.36. The third-order valence-electron chi connectivity index (χ3n) is 4.74. The molecule has 1 N–H and O–H groups in total. The quantitative estimate of drug-likeness (QED) is 0.326. The Bertz CT molecular complexity index is 1200. The third kappa shape index (κ3) is 4.49. The Morgan fingerprint density at radius 1 is 1.03 bits per heavy atom. The minimum Gasteiger partial charge on any atom is -0.488 e. The van der Waals surface area contributed by atoms with Crippen molar-refractivity contribution in [2.24, 2.45) is 0 Å². The number of hydrogen-bond acceptors (Lipinski definition) is 2. The second kappa shape index (κ2) is 8.19. The van der Waals surface area contributed by atoms with Gasteiger partial charge in [-0.2, -0.15) is 13.2 Å². The molecule has 0 saturated carbocycles. The molecule has 0 aliphatic carbocycles. The summed E-state index contributed by atoms with van der Waals surface area (Å²) < 4.78 is 59.3. The third-order valence-corrected chi connectivity index (χ3v) is 5.24. The van der Waals surface area contributed by atoms with E-state index in [1.807, 2.05) is 0 Å². The highest BCUT2D eigenvalue weighted by atomic mass is 79.9. The summed E-state index contributed by atoms with van der Waals surface area (Å²) in [4.78, 5) is 12.5. The second-order valence-electron chi connectivity index (χ2n) is 6.83. The summed E-state index contributed by atoms with van der Waals surface area (Å²) in [6, 6.07) is 14.4. The highest BCUT2D eigenvalue weighted by molar-refractivity contribution is 9.10. The zero-order chi connectivity index (χ0) is 22.2. The first-order valence-electron chi connectivity index (χ1n) is 9.13. The summed E-state index contributed by atoms with van der Waals surface area (Å²) in [5.41, 5.74) is 0.700. The lowest BCUT2D eigenvalue weighted by Gasteiger charge is -2.11. The number of halogens is 5. The van der Waals surface area contributed by atoms with Crippen LogP contribution in [0.15, 0.2) is 65.1 Å². The normalized spacial score (nSPS) is 14.5. The van der Waals surface area contributed by atoms with Crippen LogP contribution in [0, 0.1) is 5.82 Å². The van der Waals surface area contributed by atoms with Gasteiger partial charge in [0.2, 0.25) is 0 Å². The molecule has 1 aliphatic heterocycles. The van der Waals surface area contributed by atoms with Crippen molar-refractivity contribution in [2.75, 3.05) is 5.32 Å². The molecule has 3 aromatic rings.